The number of likely N-dealkylation sites (tertiary alicyclic amines) is 1. The van der Waals surface area contributed by atoms with E-state index in [9.17, 15) is 9.59 Å². The van der Waals surface area contributed by atoms with Gasteiger partial charge < -0.3 is 19.2 Å². The predicted molar refractivity (Wildman–Crippen MR) is 145 cm³/mol. The van der Waals surface area contributed by atoms with Crippen LogP contribution in [-0.2, 0) is 15.6 Å². The molecular weight excluding hydrogens is 470 g/mol. The summed E-state index contributed by atoms with van der Waals surface area (Å²) in [6, 6.07) is 17.1. The molecule has 6 nitrogen and oxygen atoms in total. The zero-order valence-corrected chi connectivity index (χ0v) is 23.3. The lowest BCUT2D eigenvalue weighted by Crippen LogP contribution is -2.45. The average molecular weight is 512 g/mol. The van der Waals surface area contributed by atoms with Gasteiger partial charge in [-0.2, -0.15) is 0 Å². The van der Waals surface area contributed by atoms with Crippen LogP contribution in [-0.4, -0.2) is 55.5 Å². The van der Waals surface area contributed by atoms with Crippen molar-refractivity contribution in [2.24, 2.45) is 0 Å². The zero-order chi connectivity index (χ0) is 26.3. The van der Waals surface area contributed by atoms with Crippen molar-refractivity contribution in [1.29, 1.82) is 0 Å². The van der Waals surface area contributed by atoms with Gasteiger partial charge in [-0.15, -0.1) is 0 Å². The molecular formula is C29H41NO5Si. The van der Waals surface area contributed by atoms with E-state index in [2.05, 4.69) is 58.1 Å². The fraction of sp³-hybridized carbons (Fsp3) is 0.517. The topological polar surface area (TPSA) is 76.1 Å². The number of amides is 1. The quantitative estimate of drug-likeness (QED) is 0.345. The van der Waals surface area contributed by atoms with Gasteiger partial charge in [0.15, 0.2) is 8.32 Å². The molecule has 1 N–H and O–H groups in total. The Bertz CT molecular complexity index is 1000. The molecule has 1 amide bonds. The van der Waals surface area contributed by atoms with Gasteiger partial charge in [0.2, 0.25) is 5.91 Å². The molecule has 0 aliphatic carbocycles. The van der Waals surface area contributed by atoms with Gasteiger partial charge in [0, 0.05) is 18.6 Å². The highest BCUT2D eigenvalue weighted by Crippen LogP contribution is 2.38. The molecule has 0 saturated carbocycles. The lowest BCUT2D eigenvalue weighted by molar-refractivity contribution is -0.129. The molecule has 2 unspecified atom stereocenters. The Hall–Kier alpha value is -2.64. The number of carboxylic acid groups (broad SMARTS) is 1. The molecule has 2 aromatic rings. The molecule has 0 aromatic heterocycles. The molecule has 1 aliphatic rings. The van der Waals surface area contributed by atoms with Crippen LogP contribution in [0.25, 0.3) is 0 Å². The lowest BCUT2D eigenvalue weighted by atomic mass is 10.0. The number of hydrogen-bond donors (Lipinski definition) is 1. The van der Waals surface area contributed by atoms with Gasteiger partial charge in [0.1, 0.15) is 12.4 Å². The average Bonchev–Trinajstić information content (AvgIpc) is 3.17. The van der Waals surface area contributed by atoms with Crippen molar-refractivity contribution < 1.29 is 23.9 Å². The summed E-state index contributed by atoms with van der Waals surface area (Å²) in [7, 11) is -1.94. The van der Waals surface area contributed by atoms with E-state index in [1.54, 1.807) is 12.1 Å². The Kier molecular flexibility index (Phi) is 9.36. The maximum atomic E-state index is 12.6. The van der Waals surface area contributed by atoms with Crippen LogP contribution in [0.5, 0.6) is 5.75 Å². The summed E-state index contributed by atoms with van der Waals surface area (Å²) in [6.45, 7) is 12.3. The van der Waals surface area contributed by atoms with Gasteiger partial charge in [-0.1, -0.05) is 51.1 Å². The normalized spacial score (nSPS) is 17.3. The summed E-state index contributed by atoms with van der Waals surface area (Å²) in [5.74, 6) is -0.182. The van der Waals surface area contributed by atoms with E-state index >= 15 is 0 Å². The minimum absolute atomic E-state index is 0.120. The molecule has 0 bridgehead atoms. The van der Waals surface area contributed by atoms with Gasteiger partial charge in [-0.25, -0.2) is 4.79 Å². The number of carbonyl (C=O) groups excluding carboxylic acids is 1. The predicted octanol–water partition coefficient (Wildman–Crippen LogP) is 6.17. The van der Waals surface area contributed by atoms with E-state index in [-0.39, 0.29) is 28.7 Å². The molecule has 7 heteroatoms. The second-order valence-corrected chi connectivity index (χ2v) is 16.0. The van der Waals surface area contributed by atoms with E-state index in [0.29, 0.717) is 25.3 Å². The minimum Gasteiger partial charge on any atom is -0.492 e. The van der Waals surface area contributed by atoms with E-state index < -0.39 is 14.3 Å². The van der Waals surface area contributed by atoms with Crippen LogP contribution >= 0.6 is 0 Å². The first-order chi connectivity index (χ1) is 17.0. The molecule has 2 aromatic carbocycles. The summed E-state index contributed by atoms with van der Waals surface area (Å²) in [5.41, 5.74) is 1.50. The van der Waals surface area contributed by atoms with Crippen LogP contribution < -0.4 is 4.74 Å². The van der Waals surface area contributed by atoms with Crippen LogP contribution in [0.3, 0.4) is 0 Å². The molecule has 196 valence electrons. The van der Waals surface area contributed by atoms with Gasteiger partial charge in [-0.05, 0) is 73.6 Å². The highest BCUT2D eigenvalue weighted by molar-refractivity contribution is 6.74. The van der Waals surface area contributed by atoms with Crippen LogP contribution in [0.1, 0.15) is 62.4 Å². The maximum Gasteiger partial charge on any atom is 0.335 e. The van der Waals surface area contributed by atoms with Crippen molar-refractivity contribution in [3.8, 4) is 5.75 Å². The monoisotopic (exact) mass is 511 g/mol. The summed E-state index contributed by atoms with van der Waals surface area (Å²) < 4.78 is 12.7. The first-order valence-electron chi connectivity index (χ1n) is 12.9. The molecule has 36 heavy (non-hydrogen) atoms. The Labute approximate surface area is 216 Å². The van der Waals surface area contributed by atoms with Gasteiger partial charge in [0.25, 0.3) is 0 Å². The maximum absolute atomic E-state index is 12.6. The SMILES string of the molecule is CC(C)(C)[Si](C)(C)OC(CCC1CCC(=O)N1CCOc1ccc(C(=O)O)cc1)Cc1ccccc1. The second kappa shape index (κ2) is 12.1. The van der Waals surface area contributed by atoms with Crippen molar-refractivity contribution in [1.82, 2.24) is 4.90 Å². The number of carboxylic acids is 1. The number of aromatic carboxylic acids is 1. The first kappa shape index (κ1) is 27.9. The smallest absolute Gasteiger partial charge is 0.335 e. The number of nitrogens with zero attached hydrogens (tertiary/aromatic N) is 1. The fourth-order valence-electron chi connectivity index (χ4n) is 4.41. The van der Waals surface area contributed by atoms with Crippen LogP contribution in [0.4, 0.5) is 0 Å². The van der Waals surface area contributed by atoms with Crippen molar-refractivity contribution in [3.63, 3.8) is 0 Å². The molecule has 1 saturated heterocycles. The summed E-state index contributed by atoms with van der Waals surface area (Å²) in [4.78, 5) is 25.6. The van der Waals surface area contributed by atoms with Crippen molar-refractivity contribution in [2.75, 3.05) is 13.2 Å². The standard InChI is InChI=1S/C29H41NO5Si/c1-29(2,3)36(4,5)35-26(21-22-9-7-6-8-10-22)17-13-24-14-18-27(31)30(24)19-20-34-25-15-11-23(12-16-25)28(32)33/h6-12,15-16,24,26H,13-14,17-21H2,1-5H3,(H,32,33). The Morgan fingerprint density at radius 2 is 1.78 bits per heavy atom. The number of benzene rings is 2. The van der Waals surface area contributed by atoms with E-state index in [4.69, 9.17) is 14.3 Å². The van der Waals surface area contributed by atoms with Gasteiger partial charge in [-0.3, -0.25) is 4.79 Å². The van der Waals surface area contributed by atoms with Crippen molar-refractivity contribution in [2.45, 2.75) is 83.2 Å². The number of rotatable bonds is 12. The van der Waals surface area contributed by atoms with Crippen LogP contribution in [0.15, 0.2) is 54.6 Å². The number of ether oxygens (including phenoxy) is 1. The van der Waals surface area contributed by atoms with Crippen LogP contribution in [0, 0.1) is 0 Å². The first-order valence-corrected chi connectivity index (χ1v) is 15.8. The highest BCUT2D eigenvalue weighted by atomic mass is 28.4. The molecule has 2 atom stereocenters. The van der Waals surface area contributed by atoms with E-state index in [0.717, 1.165) is 25.7 Å². The zero-order valence-electron chi connectivity index (χ0n) is 22.3. The van der Waals surface area contributed by atoms with E-state index in [1.165, 1.54) is 17.7 Å². The third-order valence-electron chi connectivity index (χ3n) is 7.55. The molecule has 0 spiro atoms. The Morgan fingerprint density at radius 3 is 2.39 bits per heavy atom. The molecule has 1 heterocycles. The Balaban J connectivity index is 1.59. The van der Waals surface area contributed by atoms with E-state index in [1.807, 2.05) is 11.0 Å². The molecule has 1 fully saturated rings. The number of carbonyl (C=O) groups is 2. The fourth-order valence-corrected chi connectivity index (χ4v) is 5.80. The second-order valence-electron chi connectivity index (χ2n) is 11.2. The molecule has 1 aliphatic heterocycles. The summed E-state index contributed by atoms with van der Waals surface area (Å²) in [6.07, 6.45) is 4.26. The van der Waals surface area contributed by atoms with Gasteiger partial charge in [0.05, 0.1) is 12.1 Å². The number of hydrogen-bond acceptors (Lipinski definition) is 4. The third-order valence-corrected chi connectivity index (χ3v) is 12.1. The summed E-state index contributed by atoms with van der Waals surface area (Å²) >= 11 is 0. The minimum atomic E-state index is -1.94. The third kappa shape index (κ3) is 7.68. The van der Waals surface area contributed by atoms with Crippen molar-refractivity contribution in [3.05, 3.63) is 65.7 Å². The lowest BCUT2D eigenvalue weighted by Gasteiger charge is -2.40. The Morgan fingerprint density at radius 1 is 1.11 bits per heavy atom. The highest BCUT2D eigenvalue weighted by Gasteiger charge is 2.39. The molecule has 0 radical (unpaired) electrons. The summed E-state index contributed by atoms with van der Waals surface area (Å²) in [5, 5.41) is 9.17. The van der Waals surface area contributed by atoms with Gasteiger partial charge >= 0.3 is 5.97 Å². The largest absolute Gasteiger partial charge is 0.492 e. The van der Waals surface area contributed by atoms with Crippen molar-refractivity contribution >= 4 is 20.2 Å². The molecule has 3 rings (SSSR count). The van der Waals surface area contributed by atoms with Crippen LogP contribution in [0.2, 0.25) is 18.1 Å².